The van der Waals surface area contributed by atoms with Crippen LogP contribution in [0.1, 0.15) is 120 Å². The Morgan fingerprint density at radius 3 is 1.90 bits per heavy atom. The molecule has 0 heterocycles. The van der Waals surface area contributed by atoms with Crippen LogP contribution in [0.3, 0.4) is 0 Å². The van der Waals surface area contributed by atoms with Gasteiger partial charge in [0.15, 0.2) is 0 Å². The second-order valence-corrected chi connectivity index (χ2v) is 16.4. The largest absolute Gasteiger partial charge is 0.522 e. The number of halogens is 2. The van der Waals surface area contributed by atoms with E-state index in [9.17, 15) is 33.6 Å². The molecule has 0 spiro atoms. The molecule has 1 saturated carbocycles. The summed E-state index contributed by atoms with van der Waals surface area (Å²) in [7, 11) is 3.08. The molecule has 6 amide bonds. The third-order valence-electron chi connectivity index (χ3n) is 6.69. The van der Waals surface area contributed by atoms with Crippen molar-refractivity contribution in [2.75, 3.05) is 40.3 Å². The molecule has 348 valence electrons. The molecule has 1 unspecified atom stereocenters. The van der Waals surface area contributed by atoms with Crippen LogP contribution in [0.15, 0.2) is 22.7 Å². The third kappa shape index (κ3) is 42.5. The number of rotatable bonds is 16. The maximum Gasteiger partial charge on any atom is 0.407 e. The Hall–Kier alpha value is -4.92. The molecule has 0 radical (unpaired) electrons. The summed E-state index contributed by atoms with van der Waals surface area (Å²) in [6.45, 7) is 22.6. The van der Waals surface area contributed by atoms with Crippen LogP contribution in [-0.4, -0.2) is 115 Å². The second-order valence-electron chi connectivity index (χ2n) is 15.1. The van der Waals surface area contributed by atoms with Crippen LogP contribution in [0.2, 0.25) is 5.02 Å². The number of ether oxygens (including phenoxy) is 1. The van der Waals surface area contributed by atoms with Gasteiger partial charge in [-0.1, -0.05) is 81.4 Å². The van der Waals surface area contributed by atoms with Gasteiger partial charge in [-0.2, -0.15) is 6.41 Å². The minimum atomic E-state index is -1.40. The SMILES string of the molecule is C1CC1.CC.CC(C)C.CC(CCCCNC(=O)OC(C)(C)C)N(C)C(=O)CN[C-]=O.CN(CC(=O)NC(C)(C)C(=O)O)C(=O)CNC=O.Cc1cc(Cl)ccc1Br.[Fm]. The number of alkyl carbamates (subject to hydrolysis) is 1. The number of likely N-dealkylation sites (N-methyl/N-ethyl adjacent to an activating group) is 2. The van der Waals surface area contributed by atoms with Gasteiger partial charge in [0, 0.05) is 36.2 Å². The average molecular weight is 1170 g/mol. The summed E-state index contributed by atoms with van der Waals surface area (Å²) in [6.07, 6.45) is 8.45. The number of aryl methyl sites for hydroxylation is 1. The fourth-order valence-corrected chi connectivity index (χ4v) is 3.84. The van der Waals surface area contributed by atoms with E-state index < -0.39 is 35.0 Å². The van der Waals surface area contributed by atoms with E-state index >= 15 is 0 Å². The van der Waals surface area contributed by atoms with Crippen molar-refractivity contribution >= 4 is 70.1 Å². The second kappa shape index (κ2) is 36.2. The molecule has 0 bridgehead atoms. The van der Waals surface area contributed by atoms with E-state index in [1.165, 1.54) is 52.1 Å². The van der Waals surface area contributed by atoms with Crippen LogP contribution in [0.4, 0.5) is 4.79 Å². The monoisotopic (exact) mass is 1160 g/mol. The number of carboxylic acid groups (broad SMARTS) is 1. The van der Waals surface area contributed by atoms with Gasteiger partial charge in [-0.15, -0.1) is 0 Å². The van der Waals surface area contributed by atoms with Gasteiger partial charge in [-0.05, 0) is 97.4 Å². The molecule has 1 aliphatic carbocycles. The minimum Gasteiger partial charge on any atom is -0.522 e. The number of amides is 6. The van der Waals surface area contributed by atoms with E-state index in [0.29, 0.717) is 13.0 Å². The van der Waals surface area contributed by atoms with E-state index in [-0.39, 0.29) is 31.6 Å². The van der Waals surface area contributed by atoms with E-state index in [1.54, 1.807) is 11.9 Å². The average Bonchev–Trinajstić information content (AvgIpc) is 4.01. The summed E-state index contributed by atoms with van der Waals surface area (Å²) in [5.41, 5.74) is -0.723. The Labute approximate surface area is 361 Å². The molecule has 1 fully saturated rings. The van der Waals surface area contributed by atoms with Crippen molar-refractivity contribution in [3.05, 3.63) is 33.3 Å². The van der Waals surface area contributed by atoms with Crippen LogP contribution >= 0.6 is 27.5 Å². The number of carbonyl (C=O) groups is 6. The first-order valence-electron chi connectivity index (χ1n) is 19.5. The van der Waals surface area contributed by atoms with Gasteiger partial charge in [0.25, 0.3) is 0 Å². The number of nitrogens with zero attached hydrogens (tertiary/aromatic N) is 2. The molecule has 2 rings (SSSR count). The fourth-order valence-electron chi connectivity index (χ4n) is 3.36. The molecule has 0 aliphatic heterocycles. The van der Waals surface area contributed by atoms with Crippen LogP contribution in [0.5, 0.6) is 0 Å². The number of nitrogens with one attached hydrogen (secondary N) is 4. The Bertz CT molecular complexity index is 1340. The van der Waals surface area contributed by atoms with Crippen molar-refractivity contribution < 1.29 is 43.4 Å². The predicted octanol–water partition coefficient (Wildman–Crippen LogP) is 6.63. The normalized spacial score (nSPS) is 11.1. The van der Waals surface area contributed by atoms with Gasteiger partial charge in [0.2, 0.25) is 24.1 Å². The quantitative estimate of drug-likeness (QED) is 0.0522. The summed E-state index contributed by atoms with van der Waals surface area (Å²) >= 11 is 9.07. The number of carboxylic acids is 1. The third-order valence-corrected chi connectivity index (χ3v) is 7.81. The molecule has 0 aromatic heterocycles. The first-order valence-corrected chi connectivity index (χ1v) is 20.7. The first kappa shape index (κ1) is 63.3. The number of carbonyl (C=O) groups excluding carboxylic acids is 6. The summed E-state index contributed by atoms with van der Waals surface area (Å²) in [4.78, 5) is 79.4. The van der Waals surface area contributed by atoms with Crippen molar-refractivity contribution in [2.24, 2.45) is 5.92 Å². The molecule has 1 aromatic carbocycles. The van der Waals surface area contributed by atoms with Gasteiger partial charge in [-0.3, -0.25) is 19.2 Å². The van der Waals surface area contributed by atoms with Crippen molar-refractivity contribution in [3.63, 3.8) is 0 Å². The molecule has 1 atom stereocenters. The zero-order chi connectivity index (χ0) is 46.1. The first-order chi connectivity index (χ1) is 26.8. The molecule has 18 heteroatoms. The van der Waals surface area contributed by atoms with E-state index in [0.717, 1.165) is 39.6 Å². The smallest absolute Gasteiger partial charge is 0.407 e. The molecule has 1 aliphatic rings. The molecule has 15 nitrogen and oxygen atoms in total. The van der Waals surface area contributed by atoms with Gasteiger partial charge >= 0.3 is 12.1 Å². The van der Waals surface area contributed by atoms with E-state index in [4.69, 9.17) is 21.4 Å². The van der Waals surface area contributed by atoms with Gasteiger partial charge < -0.3 is 45.7 Å². The number of unbranched alkanes of at least 4 members (excludes halogenated alkanes) is 1. The summed E-state index contributed by atoms with van der Waals surface area (Å²) in [5.74, 6) is -1.54. The number of hydrogen-bond acceptors (Lipinski definition) is 8. The van der Waals surface area contributed by atoms with E-state index in [2.05, 4.69) is 58.0 Å². The van der Waals surface area contributed by atoms with E-state index in [1.807, 2.05) is 66.7 Å². The van der Waals surface area contributed by atoms with Crippen molar-refractivity contribution in [1.29, 1.82) is 0 Å². The van der Waals surface area contributed by atoms with Gasteiger partial charge in [0.1, 0.15) is 11.1 Å². The fraction of sp³-hybridized carbons (Fsp3) is 0.683. The molecule has 1 aromatic rings. The maximum absolute atomic E-state index is 11.7. The number of aliphatic carboxylic acids is 1. The van der Waals surface area contributed by atoms with Crippen LogP contribution in [0, 0.1) is 12.8 Å². The Morgan fingerprint density at radius 2 is 1.49 bits per heavy atom. The Morgan fingerprint density at radius 1 is 0.966 bits per heavy atom. The molecule has 0 saturated heterocycles. The van der Waals surface area contributed by atoms with Crippen molar-refractivity contribution in [3.8, 4) is 0 Å². The number of benzene rings is 1. The number of hydrogen-bond donors (Lipinski definition) is 5. The Kier molecular flexibility index (Phi) is 38.8. The van der Waals surface area contributed by atoms with Crippen LogP contribution in [-0.2, 0) is 33.5 Å². The molecule has 59 heavy (non-hydrogen) atoms. The van der Waals surface area contributed by atoms with Gasteiger partial charge in [0.05, 0.1) is 19.6 Å². The summed E-state index contributed by atoms with van der Waals surface area (Å²) in [6, 6.07) is 5.80. The predicted molar refractivity (Wildman–Crippen MR) is 235 cm³/mol. The summed E-state index contributed by atoms with van der Waals surface area (Å²) in [5, 5.41) is 19.0. The van der Waals surface area contributed by atoms with Crippen molar-refractivity contribution in [2.45, 2.75) is 139 Å². The zero-order valence-electron chi connectivity index (χ0n) is 37.7. The van der Waals surface area contributed by atoms with Crippen LogP contribution < -0.4 is 21.3 Å². The Balaban J connectivity index is -0.000000232. The zero-order valence-corrected chi connectivity index (χ0v) is 42.4. The van der Waals surface area contributed by atoms with Crippen molar-refractivity contribution in [1.82, 2.24) is 31.1 Å². The topological polar surface area (TPSA) is 204 Å². The minimum absolute atomic E-state index is 0. The standard InChI is InChI=1S/C15H28N3O4.C10H17N3O5.C7H6BrCl.C4H10.C3H6.C2H6.Fm/c1-12(18(5)13(20)10-16-11-19)8-6-7-9-17-14(21)22-15(2,3)4;1-10(2,9(17)18)12-7(15)5-13(3)8(16)4-11-6-14;1-5-4-6(9)2-3-7(5)8;1-4(2)3;1-2-3-1;1-2;/h12H,6-10H2,1-5H3,(H,16,19)(H,17,21);6H,4-5H2,1-3H3,(H,11,14)(H,12,15)(H,17,18);2-4H,1H3;4H,1-3H3;1-3H2;1-2H3;/q-1;;;;;;. The van der Waals surface area contributed by atoms with Crippen LogP contribution in [0.25, 0.3) is 0 Å². The summed E-state index contributed by atoms with van der Waals surface area (Å²) < 4.78 is 6.23. The molecule has 5 N–H and O–H groups in total. The maximum atomic E-state index is 11.7. The molecular weight excluding hydrogens is 1090 g/mol. The molecular formula is C41H73BrClFmN6O9-. The van der Waals surface area contributed by atoms with Gasteiger partial charge in [-0.25, -0.2) is 9.59 Å².